The zero-order valence-corrected chi connectivity index (χ0v) is 11.2. The highest BCUT2D eigenvalue weighted by molar-refractivity contribution is 7.99. The molecule has 1 atom stereocenters. The molecule has 0 bridgehead atoms. The summed E-state index contributed by atoms with van der Waals surface area (Å²) in [5, 5.41) is 3.36. The first-order chi connectivity index (χ1) is 8.36. The molecule has 4 heteroatoms. The van der Waals surface area contributed by atoms with Crippen LogP contribution in [-0.2, 0) is 4.79 Å². The van der Waals surface area contributed by atoms with E-state index in [1.165, 1.54) is 37.2 Å². The van der Waals surface area contributed by atoms with Crippen molar-refractivity contribution in [1.82, 2.24) is 10.2 Å². The van der Waals surface area contributed by atoms with Gasteiger partial charge in [0.15, 0.2) is 0 Å². The van der Waals surface area contributed by atoms with E-state index in [4.69, 9.17) is 0 Å². The van der Waals surface area contributed by atoms with Crippen molar-refractivity contribution in [1.29, 1.82) is 0 Å². The van der Waals surface area contributed by atoms with Gasteiger partial charge < -0.3 is 10.2 Å². The lowest BCUT2D eigenvalue weighted by molar-refractivity contribution is -0.136. The number of hydrogen-bond donors (Lipinski definition) is 1. The summed E-state index contributed by atoms with van der Waals surface area (Å²) in [6.07, 6.45) is 7.10. The molecule has 3 fully saturated rings. The molecule has 0 spiro atoms. The van der Waals surface area contributed by atoms with Crippen LogP contribution in [0.4, 0.5) is 0 Å². The summed E-state index contributed by atoms with van der Waals surface area (Å²) in [5.41, 5.74) is 0. The van der Waals surface area contributed by atoms with Crippen LogP contribution < -0.4 is 5.32 Å². The molecule has 1 aliphatic carbocycles. The molecule has 0 aromatic rings. The van der Waals surface area contributed by atoms with E-state index < -0.39 is 0 Å². The molecule has 2 heterocycles. The van der Waals surface area contributed by atoms with Crippen LogP contribution in [0.15, 0.2) is 0 Å². The van der Waals surface area contributed by atoms with Gasteiger partial charge in [0.1, 0.15) is 0 Å². The number of nitrogens with one attached hydrogen (secondary N) is 1. The fourth-order valence-electron chi connectivity index (χ4n) is 3.05. The topological polar surface area (TPSA) is 32.3 Å². The van der Waals surface area contributed by atoms with Crippen LogP contribution in [0.1, 0.15) is 38.5 Å². The molecule has 2 aliphatic heterocycles. The summed E-state index contributed by atoms with van der Waals surface area (Å²) >= 11 is 2.04. The van der Waals surface area contributed by atoms with Crippen LogP contribution in [0.2, 0.25) is 0 Å². The Balaban J connectivity index is 1.67. The molecule has 96 valence electrons. The SMILES string of the molecule is O=C([C@@H]1CCCN1)N(C1CCSCC1)C1CC1. The van der Waals surface area contributed by atoms with E-state index in [0.717, 1.165) is 19.4 Å². The summed E-state index contributed by atoms with van der Waals surface area (Å²) in [5.74, 6) is 2.88. The maximum absolute atomic E-state index is 12.6. The molecule has 1 N–H and O–H groups in total. The van der Waals surface area contributed by atoms with E-state index in [1.807, 2.05) is 11.8 Å². The second-order valence-corrected chi connectivity index (χ2v) is 6.69. The molecule has 3 rings (SSSR count). The van der Waals surface area contributed by atoms with Gasteiger partial charge in [-0.3, -0.25) is 4.79 Å². The molecule has 2 saturated heterocycles. The lowest BCUT2D eigenvalue weighted by atomic mass is 10.1. The Bertz CT molecular complexity index is 281. The van der Waals surface area contributed by atoms with Crippen LogP contribution in [0.3, 0.4) is 0 Å². The molecule has 3 aliphatic rings. The van der Waals surface area contributed by atoms with E-state index in [-0.39, 0.29) is 6.04 Å². The monoisotopic (exact) mass is 254 g/mol. The highest BCUT2D eigenvalue weighted by atomic mass is 32.2. The normalized spacial score (nSPS) is 30.5. The Labute approximate surface area is 108 Å². The van der Waals surface area contributed by atoms with Crippen LogP contribution in [0, 0.1) is 0 Å². The summed E-state index contributed by atoms with van der Waals surface area (Å²) in [6, 6.07) is 1.25. The lowest BCUT2D eigenvalue weighted by Gasteiger charge is -2.36. The zero-order chi connectivity index (χ0) is 11.7. The summed E-state index contributed by atoms with van der Waals surface area (Å²) in [4.78, 5) is 14.8. The van der Waals surface area contributed by atoms with Gasteiger partial charge in [0.25, 0.3) is 0 Å². The van der Waals surface area contributed by atoms with E-state index in [2.05, 4.69) is 10.2 Å². The number of rotatable bonds is 3. The molecular formula is C13H22N2OS. The maximum Gasteiger partial charge on any atom is 0.240 e. The molecular weight excluding hydrogens is 232 g/mol. The number of thioether (sulfide) groups is 1. The third kappa shape index (κ3) is 2.63. The summed E-state index contributed by atoms with van der Waals surface area (Å²) in [7, 11) is 0. The van der Waals surface area contributed by atoms with Crippen LogP contribution >= 0.6 is 11.8 Å². The van der Waals surface area contributed by atoms with Crippen molar-refractivity contribution in [3.8, 4) is 0 Å². The second-order valence-electron chi connectivity index (χ2n) is 5.47. The average molecular weight is 254 g/mol. The van der Waals surface area contributed by atoms with Crippen LogP contribution in [0.5, 0.6) is 0 Å². The third-order valence-electron chi connectivity index (χ3n) is 4.14. The highest BCUT2D eigenvalue weighted by Crippen LogP contribution is 2.34. The molecule has 1 saturated carbocycles. The lowest BCUT2D eigenvalue weighted by Crippen LogP contribution is -2.50. The van der Waals surface area contributed by atoms with Gasteiger partial charge in [0.2, 0.25) is 5.91 Å². The van der Waals surface area contributed by atoms with E-state index >= 15 is 0 Å². The molecule has 3 nitrogen and oxygen atoms in total. The average Bonchev–Trinajstić information content (AvgIpc) is 3.04. The first-order valence-corrected chi connectivity index (χ1v) is 8.15. The first-order valence-electron chi connectivity index (χ1n) is 6.99. The summed E-state index contributed by atoms with van der Waals surface area (Å²) < 4.78 is 0. The van der Waals surface area contributed by atoms with Crippen LogP contribution in [0.25, 0.3) is 0 Å². The third-order valence-corrected chi connectivity index (χ3v) is 5.19. The van der Waals surface area contributed by atoms with Gasteiger partial charge in [-0.1, -0.05) is 0 Å². The number of carbonyl (C=O) groups excluding carboxylic acids is 1. The van der Waals surface area contributed by atoms with Crippen molar-refractivity contribution in [3.05, 3.63) is 0 Å². The standard InChI is InChI=1S/C13H22N2OS/c16-13(12-2-1-7-14-12)15(10-3-4-10)11-5-8-17-9-6-11/h10-12,14H,1-9H2/t12-/m0/s1. The smallest absolute Gasteiger partial charge is 0.240 e. The van der Waals surface area contributed by atoms with Gasteiger partial charge in [0, 0.05) is 12.1 Å². The van der Waals surface area contributed by atoms with E-state index in [1.54, 1.807) is 0 Å². The molecule has 17 heavy (non-hydrogen) atoms. The van der Waals surface area contributed by atoms with E-state index in [0.29, 0.717) is 18.0 Å². The highest BCUT2D eigenvalue weighted by Gasteiger charge is 2.40. The Morgan fingerprint density at radius 1 is 1.06 bits per heavy atom. The van der Waals surface area contributed by atoms with Crippen molar-refractivity contribution in [3.63, 3.8) is 0 Å². The van der Waals surface area contributed by atoms with Crippen molar-refractivity contribution >= 4 is 17.7 Å². The quantitative estimate of drug-likeness (QED) is 0.831. The minimum atomic E-state index is 0.130. The largest absolute Gasteiger partial charge is 0.335 e. The van der Waals surface area contributed by atoms with Crippen molar-refractivity contribution < 1.29 is 4.79 Å². The predicted octanol–water partition coefficient (Wildman–Crippen LogP) is 1.62. The van der Waals surface area contributed by atoms with Gasteiger partial charge in [-0.2, -0.15) is 11.8 Å². The second kappa shape index (κ2) is 5.19. The Morgan fingerprint density at radius 2 is 1.76 bits per heavy atom. The Morgan fingerprint density at radius 3 is 2.35 bits per heavy atom. The van der Waals surface area contributed by atoms with Gasteiger partial charge in [-0.15, -0.1) is 0 Å². The molecule has 0 radical (unpaired) electrons. The van der Waals surface area contributed by atoms with Gasteiger partial charge in [0.05, 0.1) is 6.04 Å². The number of amides is 1. The van der Waals surface area contributed by atoms with Crippen molar-refractivity contribution in [2.45, 2.75) is 56.7 Å². The molecule has 1 amide bonds. The molecule has 0 unspecified atom stereocenters. The van der Waals surface area contributed by atoms with Crippen molar-refractivity contribution in [2.24, 2.45) is 0 Å². The van der Waals surface area contributed by atoms with Crippen LogP contribution in [-0.4, -0.2) is 47.0 Å². The molecule has 0 aromatic heterocycles. The minimum Gasteiger partial charge on any atom is -0.335 e. The fraction of sp³-hybridized carbons (Fsp3) is 0.923. The Hall–Kier alpha value is -0.220. The fourth-order valence-corrected chi connectivity index (χ4v) is 4.13. The minimum absolute atomic E-state index is 0.130. The maximum atomic E-state index is 12.6. The summed E-state index contributed by atoms with van der Waals surface area (Å²) in [6.45, 7) is 1.02. The number of carbonyl (C=O) groups is 1. The zero-order valence-electron chi connectivity index (χ0n) is 10.4. The molecule has 0 aromatic carbocycles. The number of nitrogens with zero attached hydrogens (tertiary/aromatic N) is 1. The van der Waals surface area contributed by atoms with Gasteiger partial charge >= 0.3 is 0 Å². The predicted molar refractivity (Wildman–Crippen MR) is 71.2 cm³/mol. The first kappa shape index (κ1) is 11.8. The number of hydrogen-bond acceptors (Lipinski definition) is 3. The van der Waals surface area contributed by atoms with Crippen molar-refractivity contribution in [2.75, 3.05) is 18.1 Å². The Kier molecular flexibility index (Phi) is 3.61. The van der Waals surface area contributed by atoms with Gasteiger partial charge in [-0.05, 0) is 56.6 Å². The van der Waals surface area contributed by atoms with E-state index in [9.17, 15) is 4.79 Å². The van der Waals surface area contributed by atoms with Gasteiger partial charge in [-0.25, -0.2) is 0 Å².